The van der Waals surface area contributed by atoms with Gasteiger partial charge in [-0.05, 0) is 23.5 Å². The van der Waals surface area contributed by atoms with E-state index in [0.29, 0.717) is 11.8 Å². The van der Waals surface area contributed by atoms with Crippen LogP contribution in [0.3, 0.4) is 0 Å². The molecule has 1 heterocycles. The molecule has 1 aliphatic carbocycles. The molecule has 0 radical (unpaired) electrons. The molecule has 1 aliphatic rings. The molecule has 20 heavy (non-hydrogen) atoms. The minimum Gasteiger partial charge on any atom is -0.394 e. The van der Waals surface area contributed by atoms with Crippen LogP contribution in [0.1, 0.15) is 42.5 Å². The lowest BCUT2D eigenvalue weighted by Gasteiger charge is -2.30. The van der Waals surface area contributed by atoms with Crippen molar-refractivity contribution in [2.45, 2.75) is 32.1 Å². The van der Waals surface area contributed by atoms with E-state index >= 15 is 0 Å². The van der Waals surface area contributed by atoms with Crippen LogP contribution in [0.2, 0.25) is 0 Å². The molecule has 0 aliphatic heterocycles. The number of aromatic nitrogens is 2. The van der Waals surface area contributed by atoms with Gasteiger partial charge >= 0.3 is 0 Å². The summed E-state index contributed by atoms with van der Waals surface area (Å²) in [6, 6.07) is 8.65. The van der Waals surface area contributed by atoms with Crippen LogP contribution < -0.4 is 11.1 Å². The van der Waals surface area contributed by atoms with Gasteiger partial charge in [0.15, 0.2) is 0 Å². The first kappa shape index (κ1) is 13.0. The highest BCUT2D eigenvalue weighted by Crippen LogP contribution is 2.35. The SMILES string of the molecule is CC(C)c1nn(C)c(NCC2Cc3ccccc32)c1N. The first-order valence-corrected chi connectivity index (χ1v) is 7.22. The van der Waals surface area contributed by atoms with Crippen molar-refractivity contribution in [2.24, 2.45) is 7.05 Å². The highest BCUT2D eigenvalue weighted by atomic mass is 15.3. The largest absolute Gasteiger partial charge is 0.394 e. The van der Waals surface area contributed by atoms with Crippen LogP contribution in [-0.2, 0) is 13.5 Å². The standard InChI is InChI=1S/C16H22N4/c1-10(2)15-14(17)16(20(3)19-15)18-9-12-8-11-6-4-5-7-13(11)12/h4-7,10,12,18H,8-9,17H2,1-3H3. The molecule has 4 nitrogen and oxygen atoms in total. The third kappa shape index (κ3) is 2.05. The number of hydrogen-bond acceptors (Lipinski definition) is 3. The lowest BCUT2D eigenvalue weighted by Crippen LogP contribution is -2.25. The minimum atomic E-state index is 0.348. The summed E-state index contributed by atoms with van der Waals surface area (Å²) in [5.41, 5.74) is 10.9. The molecule has 106 valence electrons. The summed E-state index contributed by atoms with van der Waals surface area (Å²) in [7, 11) is 1.94. The fraction of sp³-hybridized carbons (Fsp3) is 0.438. The molecule has 3 N–H and O–H groups in total. The number of nitrogens with one attached hydrogen (secondary N) is 1. The van der Waals surface area contributed by atoms with Gasteiger partial charge in [-0.2, -0.15) is 5.10 Å². The van der Waals surface area contributed by atoms with Gasteiger partial charge < -0.3 is 11.1 Å². The van der Waals surface area contributed by atoms with Gasteiger partial charge in [0.25, 0.3) is 0 Å². The van der Waals surface area contributed by atoms with Crippen molar-refractivity contribution >= 4 is 11.5 Å². The van der Waals surface area contributed by atoms with Gasteiger partial charge in [0, 0.05) is 19.5 Å². The quantitative estimate of drug-likeness (QED) is 0.898. The summed E-state index contributed by atoms with van der Waals surface area (Å²) in [5, 5.41) is 7.98. The topological polar surface area (TPSA) is 55.9 Å². The lowest BCUT2D eigenvalue weighted by molar-refractivity contribution is 0.629. The smallest absolute Gasteiger partial charge is 0.147 e. The molecule has 0 saturated carbocycles. The molecule has 0 fully saturated rings. The molecule has 1 unspecified atom stereocenters. The zero-order chi connectivity index (χ0) is 14.3. The van der Waals surface area contributed by atoms with E-state index in [2.05, 4.69) is 48.5 Å². The maximum Gasteiger partial charge on any atom is 0.147 e. The third-order valence-corrected chi connectivity index (χ3v) is 4.14. The summed E-state index contributed by atoms with van der Waals surface area (Å²) < 4.78 is 1.86. The second kappa shape index (κ2) is 4.85. The van der Waals surface area contributed by atoms with Crippen LogP contribution in [0.25, 0.3) is 0 Å². The van der Waals surface area contributed by atoms with Crippen molar-refractivity contribution in [1.82, 2.24) is 9.78 Å². The van der Waals surface area contributed by atoms with Crippen LogP contribution >= 0.6 is 0 Å². The molecular formula is C16H22N4. The average molecular weight is 270 g/mol. The Morgan fingerprint density at radius 3 is 2.80 bits per heavy atom. The van der Waals surface area contributed by atoms with Gasteiger partial charge in [-0.15, -0.1) is 0 Å². The monoisotopic (exact) mass is 270 g/mol. The van der Waals surface area contributed by atoms with Crippen LogP contribution in [0, 0.1) is 0 Å². The molecule has 0 bridgehead atoms. The lowest BCUT2D eigenvalue weighted by atomic mass is 9.77. The maximum atomic E-state index is 6.20. The Bertz CT molecular complexity index is 627. The van der Waals surface area contributed by atoms with Crippen molar-refractivity contribution < 1.29 is 0 Å². The molecular weight excluding hydrogens is 248 g/mol. The average Bonchev–Trinajstić information content (AvgIpc) is 2.67. The molecule has 1 aromatic heterocycles. The van der Waals surface area contributed by atoms with Crippen molar-refractivity contribution in [3.8, 4) is 0 Å². The molecule has 1 aromatic carbocycles. The Balaban J connectivity index is 1.71. The number of hydrogen-bond donors (Lipinski definition) is 2. The number of benzene rings is 1. The van der Waals surface area contributed by atoms with Crippen LogP contribution in [0.5, 0.6) is 0 Å². The number of nitrogen functional groups attached to an aromatic ring is 1. The first-order chi connectivity index (χ1) is 9.58. The molecule has 0 spiro atoms. The Kier molecular flexibility index (Phi) is 3.16. The number of rotatable bonds is 4. The molecule has 3 rings (SSSR count). The van der Waals surface area contributed by atoms with E-state index in [9.17, 15) is 0 Å². The molecule has 1 atom stereocenters. The zero-order valence-corrected chi connectivity index (χ0v) is 12.4. The van der Waals surface area contributed by atoms with Crippen molar-refractivity contribution in [3.63, 3.8) is 0 Å². The van der Waals surface area contributed by atoms with E-state index in [1.165, 1.54) is 11.1 Å². The van der Waals surface area contributed by atoms with E-state index in [1.54, 1.807) is 0 Å². The van der Waals surface area contributed by atoms with Crippen molar-refractivity contribution in [3.05, 3.63) is 41.1 Å². The van der Waals surface area contributed by atoms with Gasteiger partial charge in [0.2, 0.25) is 0 Å². The fourth-order valence-electron chi connectivity index (χ4n) is 2.96. The normalized spacial score (nSPS) is 16.9. The first-order valence-electron chi connectivity index (χ1n) is 7.22. The Hall–Kier alpha value is -1.97. The van der Waals surface area contributed by atoms with Crippen LogP contribution in [-0.4, -0.2) is 16.3 Å². The molecule has 0 saturated heterocycles. The highest BCUT2D eigenvalue weighted by Gasteiger charge is 2.26. The summed E-state index contributed by atoms with van der Waals surface area (Å²) in [5.74, 6) is 1.88. The van der Waals surface area contributed by atoms with Crippen LogP contribution in [0.4, 0.5) is 11.5 Å². The number of anilines is 2. The minimum absolute atomic E-state index is 0.348. The summed E-state index contributed by atoms with van der Waals surface area (Å²) in [4.78, 5) is 0. The predicted octanol–water partition coefficient (Wildman–Crippen LogP) is 2.88. The second-order valence-electron chi connectivity index (χ2n) is 5.91. The summed E-state index contributed by atoms with van der Waals surface area (Å²) in [6.07, 6.45) is 1.15. The molecule has 0 amide bonds. The van der Waals surface area contributed by atoms with E-state index in [-0.39, 0.29) is 0 Å². The Morgan fingerprint density at radius 1 is 1.40 bits per heavy atom. The van der Waals surface area contributed by atoms with Crippen LogP contribution in [0.15, 0.2) is 24.3 Å². The van der Waals surface area contributed by atoms with Gasteiger partial charge in [-0.3, -0.25) is 4.68 Å². The second-order valence-corrected chi connectivity index (χ2v) is 5.91. The van der Waals surface area contributed by atoms with Gasteiger partial charge in [0.1, 0.15) is 5.82 Å². The Labute approximate surface area is 120 Å². The van der Waals surface area contributed by atoms with Gasteiger partial charge in [-0.1, -0.05) is 38.1 Å². The predicted molar refractivity (Wildman–Crippen MR) is 83.1 cm³/mol. The van der Waals surface area contributed by atoms with Crippen molar-refractivity contribution in [2.75, 3.05) is 17.6 Å². The molecule has 2 aromatic rings. The maximum absolute atomic E-state index is 6.20. The van der Waals surface area contributed by atoms with Crippen molar-refractivity contribution in [1.29, 1.82) is 0 Å². The summed E-state index contributed by atoms with van der Waals surface area (Å²) in [6.45, 7) is 5.15. The number of aryl methyl sites for hydroxylation is 1. The number of fused-ring (bicyclic) bond motifs is 1. The van der Waals surface area contributed by atoms with E-state index in [1.807, 2.05) is 11.7 Å². The zero-order valence-electron chi connectivity index (χ0n) is 12.4. The fourth-order valence-corrected chi connectivity index (χ4v) is 2.96. The Morgan fingerprint density at radius 2 is 2.15 bits per heavy atom. The van der Waals surface area contributed by atoms with Gasteiger partial charge in [-0.25, -0.2) is 0 Å². The van der Waals surface area contributed by atoms with Gasteiger partial charge in [0.05, 0.1) is 11.4 Å². The number of nitrogens with two attached hydrogens (primary N) is 1. The molecule has 4 heteroatoms. The van der Waals surface area contributed by atoms with E-state index in [4.69, 9.17) is 5.73 Å². The summed E-state index contributed by atoms with van der Waals surface area (Å²) >= 11 is 0. The number of nitrogens with zero attached hydrogens (tertiary/aromatic N) is 2. The van der Waals surface area contributed by atoms with E-state index < -0.39 is 0 Å². The third-order valence-electron chi connectivity index (χ3n) is 4.14. The van der Waals surface area contributed by atoms with E-state index in [0.717, 1.165) is 30.2 Å². The highest BCUT2D eigenvalue weighted by molar-refractivity contribution is 5.66.